The van der Waals surface area contributed by atoms with Crippen molar-refractivity contribution in [3.63, 3.8) is 0 Å². The number of nitro benzene ring substituents is 1. The molecule has 0 bridgehead atoms. The van der Waals surface area contributed by atoms with Gasteiger partial charge in [-0.05, 0) is 13.0 Å². The number of phenols is 1. The van der Waals surface area contributed by atoms with Crippen molar-refractivity contribution in [2.24, 2.45) is 0 Å². The van der Waals surface area contributed by atoms with Crippen molar-refractivity contribution in [3.05, 3.63) is 40.1 Å². The Morgan fingerprint density at radius 1 is 1.45 bits per heavy atom. The molecule has 0 radical (unpaired) electrons. The molecule has 108 valence electrons. The second-order valence-electron chi connectivity index (χ2n) is 3.77. The highest BCUT2D eigenvalue weighted by Crippen LogP contribution is 2.29. The van der Waals surface area contributed by atoms with Crippen LogP contribution < -0.4 is 5.32 Å². The van der Waals surface area contributed by atoms with Crippen LogP contribution in [0.3, 0.4) is 0 Å². The zero-order chi connectivity index (χ0) is 15.5. The van der Waals surface area contributed by atoms with Gasteiger partial charge >= 0.3 is 6.18 Å². The van der Waals surface area contributed by atoms with Gasteiger partial charge in [-0.25, -0.2) is 0 Å². The monoisotopic (exact) mass is 290 g/mol. The molecule has 0 aliphatic carbocycles. The number of rotatable bonds is 4. The van der Waals surface area contributed by atoms with Gasteiger partial charge in [0.1, 0.15) is 5.75 Å². The first-order valence-electron chi connectivity index (χ1n) is 5.15. The summed E-state index contributed by atoms with van der Waals surface area (Å²) in [4.78, 5) is 20.4. The lowest BCUT2D eigenvalue weighted by Crippen LogP contribution is -2.21. The maximum atomic E-state index is 12.0. The standard InChI is InChI=1S/C11H9F3N2O4/c1-6(4-10(18)11(12,13)14)15-8-3-2-7(16(19)20)5-9(8)17/h2-5,15,17H,1H3/b6-4+. The van der Waals surface area contributed by atoms with Crippen LogP contribution in [0.25, 0.3) is 0 Å². The number of nitrogens with zero attached hydrogens (tertiary/aromatic N) is 1. The van der Waals surface area contributed by atoms with Crippen LogP contribution in [0.5, 0.6) is 5.75 Å². The Hall–Kier alpha value is -2.58. The Balaban J connectivity index is 2.92. The summed E-state index contributed by atoms with van der Waals surface area (Å²) >= 11 is 0. The van der Waals surface area contributed by atoms with E-state index in [1.807, 2.05) is 0 Å². The highest BCUT2D eigenvalue weighted by Gasteiger charge is 2.36. The average molecular weight is 290 g/mol. The van der Waals surface area contributed by atoms with E-state index in [-0.39, 0.29) is 17.1 Å². The maximum Gasteiger partial charge on any atom is 0.454 e. The summed E-state index contributed by atoms with van der Waals surface area (Å²) in [5.74, 6) is -2.57. The molecule has 2 N–H and O–H groups in total. The Labute approximate surface area is 110 Å². The van der Waals surface area contributed by atoms with Crippen molar-refractivity contribution in [2.45, 2.75) is 13.1 Å². The number of phenolic OH excluding ortho intramolecular Hbond substituents is 1. The molecule has 1 aromatic carbocycles. The van der Waals surface area contributed by atoms with E-state index in [0.717, 1.165) is 18.2 Å². The second-order valence-corrected chi connectivity index (χ2v) is 3.77. The number of non-ortho nitro benzene ring substituents is 1. The van der Waals surface area contributed by atoms with E-state index in [1.54, 1.807) is 0 Å². The van der Waals surface area contributed by atoms with Gasteiger partial charge in [-0.3, -0.25) is 14.9 Å². The summed E-state index contributed by atoms with van der Waals surface area (Å²) in [5.41, 5.74) is -0.600. The summed E-state index contributed by atoms with van der Waals surface area (Å²) in [6, 6.07) is 3.00. The molecule has 9 heteroatoms. The molecular weight excluding hydrogens is 281 g/mol. The average Bonchev–Trinajstić information content (AvgIpc) is 2.30. The molecule has 0 aliphatic rings. The Morgan fingerprint density at radius 2 is 2.05 bits per heavy atom. The van der Waals surface area contributed by atoms with Crippen molar-refractivity contribution >= 4 is 17.2 Å². The zero-order valence-electron chi connectivity index (χ0n) is 10.1. The van der Waals surface area contributed by atoms with Crippen LogP contribution in [-0.4, -0.2) is 22.0 Å². The first-order valence-corrected chi connectivity index (χ1v) is 5.15. The normalized spacial score (nSPS) is 12.1. The number of carbonyl (C=O) groups is 1. The Kier molecular flexibility index (Phi) is 4.33. The van der Waals surface area contributed by atoms with E-state index in [4.69, 9.17) is 0 Å². The lowest BCUT2D eigenvalue weighted by atomic mass is 10.2. The van der Waals surface area contributed by atoms with Crippen molar-refractivity contribution in [3.8, 4) is 5.75 Å². The summed E-state index contributed by atoms with van der Waals surface area (Å²) in [7, 11) is 0. The molecule has 0 fully saturated rings. The fraction of sp³-hybridized carbons (Fsp3) is 0.182. The van der Waals surface area contributed by atoms with Gasteiger partial charge in [-0.15, -0.1) is 0 Å². The number of anilines is 1. The number of ketones is 1. The number of hydrogen-bond donors (Lipinski definition) is 2. The third kappa shape index (κ3) is 3.97. The molecule has 0 saturated heterocycles. The molecule has 0 atom stereocenters. The topological polar surface area (TPSA) is 92.5 Å². The highest BCUT2D eigenvalue weighted by atomic mass is 19.4. The fourth-order valence-electron chi connectivity index (χ4n) is 1.27. The number of nitrogens with one attached hydrogen (secondary N) is 1. The SMILES string of the molecule is C/C(=C\C(=O)C(F)(F)F)Nc1ccc([N+](=O)[O-])cc1O. The number of allylic oxidation sites excluding steroid dienone is 2. The largest absolute Gasteiger partial charge is 0.506 e. The van der Waals surface area contributed by atoms with Crippen LogP contribution in [0.15, 0.2) is 30.0 Å². The highest BCUT2D eigenvalue weighted by molar-refractivity contribution is 5.95. The first-order chi connectivity index (χ1) is 9.11. The van der Waals surface area contributed by atoms with Crippen LogP contribution in [0.1, 0.15) is 6.92 Å². The number of carbonyl (C=O) groups excluding carboxylic acids is 1. The third-order valence-electron chi connectivity index (χ3n) is 2.15. The summed E-state index contributed by atoms with van der Waals surface area (Å²) in [6.07, 6.45) is -4.67. The van der Waals surface area contributed by atoms with E-state index in [9.17, 15) is 33.2 Å². The molecule has 1 rings (SSSR count). The van der Waals surface area contributed by atoms with Gasteiger partial charge in [0.2, 0.25) is 0 Å². The maximum absolute atomic E-state index is 12.0. The van der Waals surface area contributed by atoms with E-state index >= 15 is 0 Å². The van der Waals surface area contributed by atoms with Crippen LogP contribution in [0, 0.1) is 10.1 Å². The smallest absolute Gasteiger partial charge is 0.454 e. The number of nitro groups is 1. The Morgan fingerprint density at radius 3 is 2.50 bits per heavy atom. The van der Waals surface area contributed by atoms with Crippen LogP contribution in [-0.2, 0) is 4.79 Å². The number of alkyl halides is 3. The molecule has 0 spiro atoms. The van der Waals surface area contributed by atoms with Crippen molar-refractivity contribution in [1.82, 2.24) is 0 Å². The lowest BCUT2D eigenvalue weighted by Gasteiger charge is -2.09. The van der Waals surface area contributed by atoms with Gasteiger partial charge < -0.3 is 10.4 Å². The van der Waals surface area contributed by atoms with Gasteiger partial charge in [0.25, 0.3) is 11.5 Å². The zero-order valence-corrected chi connectivity index (χ0v) is 10.1. The van der Waals surface area contributed by atoms with E-state index < -0.39 is 22.6 Å². The van der Waals surface area contributed by atoms with E-state index in [0.29, 0.717) is 6.08 Å². The van der Waals surface area contributed by atoms with Crippen LogP contribution >= 0.6 is 0 Å². The van der Waals surface area contributed by atoms with E-state index in [1.165, 1.54) is 6.92 Å². The second kappa shape index (κ2) is 5.59. The number of aromatic hydroxyl groups is 1. The molecule has 1 aromatic rings. The van der Waals surface area contributed by atoms with Crippen molar-refractivity contribution in [1.29, 1.82) is 0 Å². The summed E-state index contributed by atoms with van der Waals surface area (Å²) in [6.45, 7) is 1.19. The first kappa shape index (κ1) is 15.5. The number of halogens is 3. The van der Waals surface area contributed by atoms with Crippen molar-refractivity contribution in [2.75, 3.05) is 5.32 Å². The molecule has 0 amide bonds. The summed E-state index contributed by atoms with van der Waals surface area (Å²) < 4.78 is 36.1. The minimum atomic E-state index is -4.99. The van der Waals surface area contributed by atoms with Crippen LogP contribution in [0.2, 0.25) is 0 Å². The molecule has 6 nitrogen and oxygen atoms in total. The minimum Gasteiger partial charge on any atom is -0.506 e. The van der Waals surface area contributed by atoms with Gasteiger partial charge in [-0.1, -0.05) is 0 Å². The molecule has 0 unspecified atom stereocenters. The minimum absolute atomic E-state index is 0.0562. The predicted molar refractivity (Wildman–Crippen MR) is 63.2 cm³/mol. The quantitative estimate of drug-likeness (QED) is 0.385. The van der Waals surface area contributed by atoms with Gasteiger partial charge in [0, 0.05) is 17.8 Å². The molecular formula is C11H9F3N2O4. The molecule has 20 heavy (non-hydrogen) atoms. The van der Waals surface area contributed by atoms with Crippen LogP contribution in [0.4, 0.5) is 24.5 Å². The summed E-state index contributed by atoms with van der Waals surface area (Å²) in [5, 5.41) is 22.3. The van der Waals surface area contributed by atoms with E-state index in [2.05, 4.69) is 5.32 Å². The molecule has 0 aliphatic heterocycles. The lowest BCUT2D eigenvalue weighted by molar-refractivity contribution is -0.384. The number of hydrogen-bond acceptors (Lipinski definition) is 5. The van der Waals surface area contributed by atoms with Gasteiger partial charge in [0.15, 0.2) is 0 Å². The Bertz CT molecular complexity index is 582. The third-order valence-corrected chi connectivity index (χ3v) is 2.15. The van der Waals surface area contributed by atoms with Gasteiger partial charge in [-0.2, -0.15) is 13.2 Å². The molecule has 0 heterocycles. The number of benzene rings is 1. The molecule has 0 saturated carbocycles. The van der Waals surface area contributed by atoms with Crippen molar-refractivity contribution < 1.29 is 28.0 Å². The van der Waals surface area contributed by atoms with Gasteiger partial charge in [0.05, 0.1) is 16.7 Å². The molecule has 0 aromatic heterocycles. The predicted octanol–water partition coefficient (Wildman–Crippen LogP) is 2.75. The fourth-order valence-corrected chi connectivity index (χ4v) is 1.27.